The molecule has 0 amide bonds. The topological polar surface area (TPSA) is 34.1 Å². The molecule has 2 heteroatoms. The molecule has 0 aromatic rings. The van der Waals surface area contributed by atoms with Crippen LogP contribution in [-0.4, -0.2) is 12.1 Å². The fourth-order valence-electron chi connectivity index (χ4n) is 0.828. The van der Waals surface area contributed by atoms with Crippen LogP contribution < -0.4 is 0 Å². The van der Waals surface area contributed by atoms with Gasteiger partial charge >= 0.3 is 0 Å². The number of hydrogen-bond acceptors (Lipinski definition) is 2. The van der Waals surface area contributed by atoms with E-state index in [2.05, 4.69) is 0 Å². The van der Waals surface area contributed by atoms with Crippen LogP contribution >= 0.6 is 0 Å². The van der Waals surface area contributed by atoms with Gasteiger partial charge in [0.25, 0.3) is 0 Å². The first kappa shape index (κ1) is 11.8. The maximum atomic E-state index is 11.3. The highest BCUT2D eigenvalue weighted by molar-refractivity contribution is 6.17. The summed E-state index contributed by atoms with van der Waals surface area (Å²) in [6.07, 6.45) is 8.06. The summed E-state index contributed by atoms with van der Waals surface area (Å²) in [6.45, 7) is 3.95. The van der Waals surface area contributed by atoms with Gasteiger partial charge in [0, 0.05) is 0 Å². The van der Waals surface area contributed by atoms with Crippen molar-refractivity contribution < 1.29 is 9.59 Å². The second-order valence-electron chi connectivity index (χ2n) is 2.74. The molecular weight excluding hydrogens is 164 g/mol. The van der Waals surface area contributed by atoms with Crippen molar-refractivity contribution >= 4 is 12.1 Å². The minimum Gasteiger partial charge on any atom is -0.298 e. The van der Waals surface area contributed by atoms with Gasteiger partial charge in [-0.3, -0.25) is 9.59 Å². The Balaban J connectivity index is 4.31. The fraction of sp³-hybridized carbons (Fsp3) is 0.455. The second kappa shape index (κ2) is 7.47. The number of unbranched alkanes of at least 4 members (excludes halogenated alkanes) is 1. The average Bonchev–Trinajstić information content (AvgIpc) is 2.16. The highest BCUT2D eigenvalue weighted by Crippen LogP contribution is 1.99. The first-order valence-electron chi connectivity index (χ1n) is 4.62. The molecule has 0 spiro atoms. The van der Waals surface area contributed by atoms with Crippen molar-refractivity contribution in [3.05, 3.63) is 23.8 Å². The van der Waals surface area contributed by atoms with E-state index in [0.29, 0.717) is 6.29 Å². The van der Waals surface area contributed by atoms with Crippen LogP contribution in [0.25, 0.3) is 0 Å². The van der Waals surface area contributed by atoms with Gasteiger partial charge < -0.3 is 0 Å². The van der Waals surface area contributed by atoms with Crippen molar-refractivity contribution in [3.63, 3.8) is 0 Å². The maximum absolute atomic E-state index is 11.3. The molecule has 0 unspecified atom stereocenters. The molecule has 0 aliphatic carbocycles. The van der Waals surface area contributed by atoms with E-state index in [-0.39, 0.29) is 11.4 Å². The van der Waals surface area contributed by atoms with E-state index in [9.17, 15) is 9.59 Å². The van der Waals surface area contributed by atoms with Gasteiger partial charge in [-0.15, -0.1) is 0 Å². The van der Waals surface area contributed by atoms with Crippen molar-refractivity contribution in [3.8, 4) is 0 Å². The summed E-state index contributed by atoms with van der Waals surface area (Å²) < 4.78 is 0. The quantitative estimate of drug-likeness (QED) is 0.272. The average molecular weight is 180 g/mol. The van der Waals surface area contributed by atoms with Crippen LogP contribution in [-0.2, 0) is 9.59 Å². The predicted molar refractivity (Wildman–Crippen MR) is 53.5 cm³/mol. The molecule has 2 nitrogen and oxygen atoms in total. The molecule has 0 aliphatic rings. The molecule has 72 valence electrons. The van der Waals surface area contributed by atoms with Gasteiger partial charge in [-0.05, 0) is 18.9 Å². The van der Waals surface area contributed by atoms with E-state index in [1.165, 1.54) is 6.08 Å². The lowest BCUT2D eigenvalue weighted by atomic mass is 10.1. The molecule has 0 bridgehead atoms. The van der Waals surface area contributed by atoms with Crippen LogP contribution in [0, 0.1) is 0 Å². The second-order valence-corrected chi connectivity index (χ2v) is 2.74. The summed E-state index contributed by atoms with van der Waals surface area (Å²) in [5, 5.41) is 0. The van der Waals surface area contributed by atoms with Crippen molar-refractivity contribution in [2.24, 2.45) is 0 Å². The van der Waals surface area contributed by atoms with Gasteiger partial charge in [-0.25, -0.2) is 0 Å². The lowest BCUT2D eigenvalue weighted by Gasteiger charge is -1.92. The largest absolute Gasteiger partial charge is 0.298 e. The molecule has 0 aromatic heterocycles. The molecule has 0 aliphatic heterocycles. The van der Waals surface area contributed by atoms with Crippen molar-refractivity contribution in [2.45, 2.75) is 33.1 Å². The van der Waals surface area contributed by atoms with Gasteiger partial charge in [0.1, 0.15) is 0 Å². The van der Waals surface area contributed by atoms with Crippen LogP contribution in [0.1, 0.15) is 33.1 Å². The van der Waals surface area contributed by atoms with E-state index in [1.807, 2.05) is 13.8 Å². The summed E-state index contributed by atoms with van der Waals surface area (Å²) in [5.41, 5.74) is 0.270. The third-order valence-electron chi connectivity index (χ3n) is 1.57. The minimum atomic E-state index is -0.190. The number of aldehydes is 1. The van der Waals surface area contributed by atoms with Gasteiger partial charge in [0.05, 0.1) is 5.57 Å². The van der Waals surface area contributed by atoms with E-state index >= 15 is 0 Å². The van der Waals surface area contributed by atoms with Crippen LogP contribution in [0.15, 0.2) is 23.8 Å². The van der Waals surface area contributed by atoms with E-state index in [4.69, 9.17) is 0 Å². The fourth-order valence-corrected chi connectivity index (χ4v) is 0.828. The Labute approximate surface area is 79.3 Å². The third-order valence-corrected chi connectivity index (χ3v) is 1.57. The molecular formula is C11H16O2. The van der Waals surface area contributed by atoms with Crippen LogP contribution in [0.5, 0.6) is 0 Å². The Morgan fingerprint density at radius 1 is 1.31 bits per heavy atom. The zero-order chi connectivity index (χ0) is 10.1. The first-order chi connectivity index (χ1) is 6.26. The highest BCUT2D eigenvalue weighted by atomic mass is 16.1. The number of rotatable bonds is 6. The molecule has 0 saturated carbocycles. The number of carbonyl (C=O) groups excluding carboxylic acids is 2. The van der Waals surface area contributed by atoms with Crippen molar-refractivity contribution in [1.29, 1.82) is 0 Å². The molecule has 0 saturated heterocycles. The van der Waals surface area contributed by atoms with Crippen LogP contribution in [0.3, 0.4) is 0 Å². The molecule has 0 atom stereocenters. The lowest BCUT2D eigenvalue weighted by Crippen LogP contribution is -1.99. The number of hydrogen-bond donors (Lipinski definition) is 0. The maximum Gasteiger partial charge on any atom is 0.188 e. The number of allylic oxidation sites excluding steroid dienone is 4. The molecule has 13 heavy (non-hydrogen) atoms. The molecule has 0 heterocycles. The molecule has 0 aromatic carbocycles. The highest BCUT2D eigenvalue weighted by Gasteiger charge is 2.02. The Bertz CT molecular complexity index is 224. The Morgan fingerprint density at radius 2 is 2.00 bits per heavy atom. The molecule has 0 rings (SSSR count). The van der Waals surface area contributed by atoms with Crippen molar-refractivity contribution in [2.75, 3.05) is 0 Å². The van der Waals surface area contributed by atoms with E-state index < -0.39 is 0 Å². The van der Waals surface area contributed by atoms with Crippen LogP contribution in [0.4, 0.5) is 0 Å². The number of ketones is 1. The monoisotopic (exact) mass is 180 g/mol. The third kappa shape index (κ3) is 5.12. The van der Waals surface area contributed by atoms with Crippen LogP contribution in [0.2, 0.25) is 0 Å². The van der Waals surface area contributed by atoms with Gasteiger partial charge in [0.2, 0.25) is 0 Å². The van der Waals surface area contributed by atoms with Gasteiger partial charge in [0.15, 0.2) is 12.1 Å². The Kier molecular flexibility index (Phi) is 6.79. The normalized spacial score (nSPS) is 12.0. The SMILES string of the molecule is CCC=CC(=O)C(C=O)=CCCC. The summed E-state index contributed by atoms with van der Waals surface area (Å²) in [6, 6.07) is 0. The van der Waals surface area contributed by atoms with E-state index in [1.54, 1.807) is 12.2 Å². The molecule has 0 fully saturated rings. The first-order valence-corrected chi connectivity index (χ1v) is 4.62. The summed E-state index contributed by atoms with van der Waals surface area (Å²) >= 11 is 0. The molecule has 0 N–H and O–H groups in total. The summed E-state index contributed by atoms with van der Waals surface area (Å²) in [4.78, 5) is 21.7. The molecule has 0 radical (unpaired) electrons. The zero-order valence-electron chi connectivity index (χ0n) is 8.25. The summed E-state index contributed by atoms with van der Waals surface area (Å²) in [7, 11) is 0. The Hall–Kier alpha value is -1.18. The van der Waals surface area contributed by atoms with Crippen molar-refractivity contribution in [1.82, 2.24) is 0 Å². The lowest BCUT2D eigenvalue weighted by molar-refractivity contribution is -0.114. The van der Waals surface area contributed by atoms with Gasteiger partial charge in [-0.2, -0.15) is 0 Å². The summed E-state index contributed by atoms with van der Waals surface area (Å²) in [5.74, 6) is -0.190. The predicted octanol–water partition coefficient (Wildman–Crippen LogP) is 2.45. The van der Waals surface area contributed by atoms with E-state index in [0.717, 1.165) is 19.3 Å². The smallest absolute Gasteiger partial charge is 0.188 e. The Morgan fingerprint density at radius 3 is 2.46 bits per heavy atom. The number of carbonyl (C=O) groups is 2. The zero-order valence-corrected chi connectivity index (χ0v) is 8.25. The van der Waals surface area contributed by atoms with Gasteiger partial charge in [-0.1, -0.05) is 32.4 Å². The minimum absolute atomic E-state index is 0.190. The standard InChI is InChI=1S/C11H16O2/c1-3-5-7-10(9-12)11(13)8-6-4-2/h6-9H,3-5H2,1-2H3.